The molecule has 0 radical (unpaired) electrons. The Morgan fingerprint density at radius 1 is 1.33 bits per heavy atom. The lowest BCUT2D eigenvalue weighted by Gasteiger charge is -2.08. The second-order valence-corrected chi connectivity index (χ2v) is 5.22. The van der Waals surface area contributed by atoms with Gasteiger partial charge in [0.1, 0.15) is 0 Å². The number of rotatable bonds is 6. The molecule has 0 aliphatic rings. The van der Waals surface area contributed by atoms with Gasteiger partial charge in [-0.1, -0.05) is 30.0 Å². The molecule has 1 aromatic heterocycles. The van der Waals surface area contributed by atoms with E-state index >= 15 is 0 Å². The molecule has 0 unspecified atom stereocenters. The van der Waals surface area contributed by atoms with Gasteiger partial charge in [-0.3, -0.25) is 0 Å². The quantitative estimate of drug-likeness (QED) is 0.828. The monoisotopic (exact) mass is 317 g/mol. The summed E-state index contributed by atoms with van der Waals surface area (Å²) in [6, 6.07) is 5.27. The Kier molecular flexibility index (Phi) is 5.18. The summed E-state index contributed by atoms with van der Waals surface area (Å²) in [5.74, 6) is 0.379. The number of aromatic nitrogens is 4. The van der Waals surface area contributed by atoms with Gasteiger partial charge in [0.25, 0.3) is 0 Å². The molecule has 0 spiro atoms. The molecule has 1 heterocycles. The van der Waals surface area contributed by atoms with Crippen molar-refractivity contribution in [3.05, 3.63) is 35.4 Å². The highest BCUT2D eigenvalue weighted by atomic mass is 32.2. The van der Waals surface area contributed by atoms with Gasteiger partial charge in [-0.25, -0.2) is 4.68 Å². The largest absolute Gasteiger partial charge is 0.416 e. The minimum absolute atomic E-state index is 0.379. The molecule has 0 saturated carbocycles. The van der Waals surface area contributed by atoms with E-state index in [-0.39, 0.29) is 0 Å². The summed E-state index contributed by atoms with van der Waals surface area (Å²) < 4.78 is 39.5. The molecule has 2 aromatic rings. The molecule has 0 saturated heterocycles. The Balaban J connectivity index is 2.02. The Hall–Kier alpha value is -1.61. The van der Waals surface area contributed by atoms with Crippen molar-refractivity contribution < 1.29 is 13.2 Å². The Labute approximate surface area is 123 Å². The lowest BCUT2D eigenvalue weighted by atomic mass is 10.1. The lowest BCUT2D eigenvalue weighted by Crippen LogP contribution is -2.16. The molecule has 0 bridgehead atoms. The topological polar surface area (TPSA) is 55.6 Å². The van der Waals surface area contributed by atoms with Gasteiger partial charge >= 0.3 is 6.18 Å². The van der Waals surface area contributed by atoms with Crippen LogP contribution in [0.2, 0.25) is 0 Å². The highest BCUT2D eigenvalue weighted by Gasteiger charge is 2.30. The van der Waals surface area contributed by atoms with Crippen molar-refractivity contribution in [2.75, 3.05) is 13.6 Å². The highest BCUT2D eigenvalue weighted by molar-refractivity contribution is 7.98. The fraction of sp³-hybridized carbons (Fsp3) is 0.417. The van der Waals surface area contributed by atoms with Gasteiger partial charge in [0.15, 0.2) is 0 Å². The first-order valence-corrected chi connectivity index (χ1v) is 7.19. The van der Waals surface area contributed by atoms with Crippen LogP contribution < -0.4 is 5.32 Å². The molecule has 0 aliphatic carbocycles. The van der Waals surface area contributed by atoms with Crippen LogP contribution in [0.1, 0.15) is 11.1 Å². The summed E-state index contributed by atoms with van der Waals surface area (Å²) in [6.07, 6.45) is -4.32. The summed E-state index contributed by atoms with van der Waals surface area (Å²) in [4.78, 5) is 0. The van der Waals surface area contributed by atoms with Crippen molar-refractivity contribution in [3.8, 4) is 0 Å². The summed E-state index contributed by atoms with van der Waals surface area (Å²) >= 11 is 1.31. The maximum Gasteiger partial charge on any atom is 0.416 e. The van der Waals surface area contributed by atoms with Gasteiger partial charge in [-0.15, -0.1) is 5.10 Å². The molecule has 114 valence electrons. The Morgan fingerprint density at radius 3 is 2.86 bits per heavy atom. The Bertz CT molecular complexity index is 584. The number of thioether (sulfide) groups is 1. The third-order valence-electron chi connectivity index (χ3n) is 2.69. The normalized spacial score (nSPS) is 11.8. The van der Waals surface area contributed by atoms with Crippen LogP contribution in [0.5, 0.6) is 0 Å². The second kappa shape index (κ2) is 6.90. The van der Waals surface area contributed by atoms with Crippen LogP contribution in [0.3, 0.4) is 0 Å². The molecule has 0 amide bonds. The molecular formula is C12H14F3N5S. The fourth-order valence-electron chi connectivity index (χ4n) is 1.64. The minimum Gasteiger partial charge on any atom is -0.318 e. The molecule has 21 heavy (non-hydrogen) atoms. The van der Waals surface area contributed by atoms with E-state index in [2.05, 4.69) is 20.8 Å². The number of tetrazole rings is 1. The third kappa shape index (κ3) is 4.43. The van der Waals surface area contributed by atoms with Crippen LogP contribution >= 0.6 is 11.8 Å². The van der Waals surface area contributed by atoms with Crippen LogP contribution in [0.4, 0.5) is 13.2 Å². The summed E-state index contributed by atoms with van der Waals surface area (Å²) in [7, 11) is 1.82. The number of hydrogen-bond donors (Lipinski definition) is 1. The lowest BCUT2D eigenvalue weighted by molar-refractivity contribution is -0.137. The number of nitrogens with one attached hydrogen (secondary N) is 1. The van der Waals surface area contributed by atoms with Gasteiger partial charge in [-0.2, -0.15) is 13.2 Å². The maximum atomic E-state index is 12.6. The number of benzene rings is 1. The number of halogens is 3. The van der Waals surface area contributed by atoms with Crippen molar-refractivity contribution in [2.24, 2.45) is 0 Å². The zero-order valence-corrected chi connectivity index (χ0v) is 12.1. The van der Waals surface area contributed by atoms with E-state index < -0.39 is 11.7 Å². The smallest absolute Gasteiger partial charge is 0.318 e. The van der Waals surface area contributed by atoms with Crippen molar-refractivity contribution >= 4 is 11.8 Å². The predicted molar refractivity (Wildman–Crippen MR) is 72.7 cm³/mol. The molecule has 0 atom stereocenters. The van der Waals surface area contributed by atoms with Gasteiger partial charge in [0.2, 0.25) is 5.16 Å². The summed E-state index contributed by atoms with van der Waals surface area (Å²) in [5.41, 5.74) is -0.0617. The molecule has 0 aliphatic heterocycles. The van der Waals surface area contributed by atoms with Crippen LogP contribution in [0.25, 0.3) is 0 Å². The summed E-state index contributed by atoms with van der Waals surface area (Å²) in [6.45, 7) is 1.32. The van der Waals surface area contributed by atoms with Crippen molar-refractivity contribution in [1.29, 1.82) is 0 Å². The average Bonchev–Trinajstić information content (AvgIpc) is 2.90. The zero-order chi connectivity index (χ0) is 15.3. The van der Waals surface area contributed by atoms with E-state index in [9.17, 15) is 13.2 Å². The van der Waals surface area contributed by atoms with Crippen LogP contribution in [-0.4, -0.2) is 33.8 Å². The van der Waals surface area contributed by atoms with Crippen molar-refractivity contribution in [1.82, 2.24) is 25.5 Å². The summed E-state index contributed by atoms with van der Waals surface area (Å²) in [5, 5.41) is 14.9. The second-order valence-electron chi connectivity index (χ2n) is 4.27. The van der Waals surface area contributed by atoms with E-state index in [1.807, 2.05) is 7.05 Å². The van der Waals surface area contributed by atoms with E-state index in [4.69, 9.17) is 0 Å². The predicted octanol–water partition coefficient (Wildman–Crippen LogP) is 2.20. The number of alkyl halides is 3. The first-order chi connectivity index (χ1) is 10.0. The van der Waals surface area contributed by atoms with Gasteiger partial charge < -0.3 is 5.32 Å². The molecule has 5 nitrogen and oxygen atoms in total. The maximum absolute atomic E-state index is 12.6. The van der Waals surface area contributed by atoms with Crippen molar-refractivity contribution in [2.45, 2.75) is 23.6 Å². The Morgan fingerprint density at radius 2 is 2.14 bits per heavy atom. The molecule has 2 rings (SSSR count). The minimum atomic E-state index is -4.32. The SMILES string of the molecule is CNCCn1nnnc1SCc1cccc(C(F)(F)F)c1. The molecule has 9 heteroatoms. The van der Waals surface area contributed by atoms with Gasteiger partial charge in [0, 0.05) is 12.3 Å². The first kappa shape index (κ1) is 15.8. The molecule has 0 fully saturated rings. The van der Waals surface area contributed by atoms with Crippen molar-refractivity contribution in [3.63, 3.8) is 0 Å². The zero-order valence-electron chi connectivity index (χ0n) is 11.3. The third-order valence-corrected chi connectivity index (χ3v) is 3.72. The van der Waals surface area contributed by atoms with Gasteiger partial charge in [-0.05, 0) is 29.1 Å². The molecule has 1 N–H and O–H groups in total. The van der Waals surface area contributed by atoms with Crippen LogP contribution in [0, 0.1) is 0 Å². The number of likely N-dealkylation sites (N-methyl/N-ethyl adjacent to an activating group) is 1. The van der Waals surface area contributed by atoms with E-state index in [1.54, 1.807) is 10.7 Å². The standard InChI is InChI=1S/C12H14F3N5S/c1-16-5-6-20-11(17-18-19-20)21-8-9-3-2-4-10(7-9)12(13,14)15/h2-4,7,16H,5-6,8H2,1H3. The van der Waals surface area contributed by atoms with Crippen LogP contribution in [0.15, 0.2) is 29.4 Å². The fourth-order valence-corrected chi connectivity index (χ4v) is 2.49. The van der Waals surface area contributed by atoms with E-state index in [1.165, 1.54) is 17.8 Å². The average molecular weight is 317 g/mol. The molecular weight excluding hydrogens is 303 g/mol. The number of hydrogen-bond acceptors (Lipinski definition) is 5. The van der Waals surface area contributed by atoms with E-state index in [0.717, 1.165) is 12.1 Å². The van der Waals surface area contributed by atoms with E-state index in [0.29, 0.717) is 29.6 Å². The number of nitrogens with zero attached hydrogens (tertiary/aromatic N) is 4. The van der Waals surface area contributed by atoms with Gasteiger partial charge in [0.05, 0.1) is 12.1 Å². The van der Waals surface area contributed by atoms with Crippen LogP contribution in [-0.2, 0) is 18.5 Å². The first-order valence-electron chi connectivity index (χ1n) is 6.20. The molecule has 1 aromatic carbocycles. The highest BCUT2D eigenvalue weighted by Crippen LogP contribution is 2.30.